The first-order valence-electron chi connectivity index (χ1n) is 17.6. The molecule has 1 heteroatoms. The van der Waals surface area contributed by atoms with E-state index in [0.29, 0.717) is 0 Å². The van der Waals surface area contributed by atoms with Crippen LogP contribution >= 0.6 is 0 Å². The molecule has 0 spiro atoms. The van der Waals surface area contributed by atoms with Crippen molar-refractivity contribution >= 4 is 70.9 Å². The van der Waals surface area contributed by atoms with Crippen LogP contribution in [0.1, 0.15) is 0 Å². The Morgan fingerprint density at radius 1 is 0.216 bits per heavy atom. The molecule has 0 amide bonds. The van der Waals surface area contributed by atoms with Crippen molar-refractivity contribution in [2.75, 3.05) is 4.90 Å². The Hall–Kier alpha value is -6.70. The highest BCUT2D eigenvalue weighted by molar-refractivity contribution is 6.17. The zero-order chi connectivity index (χ0) is 33.7. The van der Waals surface area contributed by atoms with Crippen LogP contribution in [0.5, 0.6) is 0 Å². The SMILES string of the molecule is c1ccc(-c2cccc(N(c3ccc(-c4ccc5ccc6c7ccccc7ccc6c5c4)cc3)c3ccc4c(ccc5ccccc54)c3)c2)cc1. The molecule has 10 aromatic rings. The van der Waals surface area contributed by atoms with Gasteiger partial charge in [-0.2, -0.15) is 0 Å². The summed E-state index contributed by atoms with van der Waals surface area (Å²) in [7, 11) is 0. The molecule has 0 saturated heterocycles. The maximum atomic E-state index is 2.38. The lowest BCUT2D eigenvalue weighted by molar-refractivity contribution is 1.29. The van der Waals surface area contributed by atoms with Gasteiger partial charge in [0.1, 0.15) is 0 Å². The minimum Gasteiger partial charge on any atom is -0.310 e. The van der Waals surface area contributed by atoms with Crippen molar-refractivity contribution in [2.45, 2.75) is 0 Å². The van der Waals surface area contributed by atoms with E-state index in [1.807, 2.05) is 0 Å². The molecule has 0 N–H and O–H groups in total. The fraction of sp³-hybridized carbons (Fsp3) is 0. The van der Waals surface area contributed by atoms with Gasteiger partial charge in [-0.15, -0.1) is 0 Å². The first-order chi connectivity index (χ1) is 25.3. The highest BCUT2D eigenvalue weighted by atomic mass is 15.1. The molecule has 0 aromatic heterocycles. The van der Waals surface area contributed by atoms with Crippen LogP contribution in [0.2, 0.25) is 0 Å². The number of hydrogen-bond acceptors (Lipinski definition) is 1. The van der Waals surface area contributed by atoms with E-state index >= 15 is 0 Å². The Morgan fingerprint density at radius 3 is 1.47 bits per heavy atom. The third-order valence-corrected chi connectivity index (χ3v) is 10.4. The summed E-state index contributed by atoms with van der Waals surface area (Å²) in [6.07, 6.45) is 0. The Morgan fingerprint density at radius 2 is 0.686 bits per heavy atom. The molecule has 10 rings (SSSR count). The van der Waals surface area contributed by atoms with Gasteiger partial charge in [-0.25, -0.2) is 0 Å². The first kappa shape index (κ1) is 29.2. The highest BCUT2D eigenvalue weighted by Crippen LogP contribution is 2.40. The molecule has 0 aliphatic carbocycles. The lowest BCUT2D eigenvalue weighted by atomic mass is 9.94. The van der Waals surface area contributed by atoms with Gasteiger partial charge >= 0.3 is 0 Å². The summed E-state index contributed by atoms with van der Waals surface area (Å²) in [4.78, 5) is 2.38. The van der Waals surface area contributed by atoms with Crippen molar-refractivity contribution in [1.82, 2.24) is 0 Å². The van der Waals surface area contributed by atoms with E-state index in [1.54, 1.807) is 0 Å². The van der Waals surface area contributed by atoms with Crippen LogP contribution in [0.15, 0.2) is 200 Å². The van der Waals surface area contributed by atoms with Gasteiger partial charge in [0.05, 0.1) is 0 Å². The molecule has 51 heavy (non-hydrogen) atoms. The summed E-state index contributed by atoms with van der Waals surface area (Å²) >= 11 is 0. The minimum absolute atomic E-state index is 1.11. The smallest absolute Gasteiger partial charge is 0.0468 e. The van der Waals surface area contributed by atoms with Crippen molar-refractivity contribution in [2.24, 2.45) is 0 Å². The van der Waals surface area contributed by atoms with Crippen molar-refractivity contribution in [3.63, 3.8) is 0 Å². The fourth-order valence-electron chi connectivity index (χ4n) is 7.84. The molecule has 0 fully saturated rings. The standard InChI is InChI=1S/C50H33N/c1-2-9-34(10-3-1)39-13-8-14-43(31-39)51(44-27-30-47-41(32-44)20-18-36-11-4-6-15-45(36)47)42-25-21-35(22-26-42)40-19-17-38-24-28-48-46-16-7-5-12-37(46)23-29-49(48)50(38)33-40/h1-33H. The van der Waals surface area contributed by atoms with Crippen LogP contribution in [-0.2, 0) is 0 Å². The van der Waals surface area contributed by atoms with Crippen molar-refractivity contribution < 1.29 is 0 Å². The summed E-state index contributed by atoms with van der Waals surface area (Å²) in [5.74, 6) is 0. The first-order valence-corrected chi connectivity index (χ1v) is 17.6. The lowest BCUT2D eigenvalue weighted by Crippen LogP contribution is -2.10. The second-order valence-corrected chi connectivity index (χ2v) is 13.4. The van der Waals surface area contributed by atoms with Gasteiger partial charge in [0, 0.05) is 17.1 Å². The highest BCUT2D eigenvalue weighted by Gasteiger charge is 2.16. The Bertz CT molecular complexity index is 2900. The fourth-order valence-corrected chi connectivity index (χ4v) is 7.84. The van der Waals surface area contributed by atoms with E-state index < -0.39 is 0 Å². The maximum Gasteiger partial charge on any atom is 0.0468 e. The van der Waals surface area contributed by atoms with E-state index in [9.17, 15) is 0 Å². The van der Waals surface area contributed by atoms with Gasteiger partial charge in [0.2, 0.25) is 0 Å². The van der Waals surface area contributed by atoms with Crippen molar-refractivity contribution in [3.8, 4) is 22.3 Å². The van der Waals surface area contributed by atoms with Gasteiger partial charge in [-0.1, -0.05) is 158 Å². The number of hydrogen-bond donors (Lipinski definition) is 0. The number of fused-ring (bicyclic) bond motifs is 8. The summed E-state index contributed by atoms with van der Waals surface area (Å²) in [6.45, 7) is 0. The predicted octanol–water partition coefficient (Wildman–Crippen LogP) is 14.3. The zero-order valence-electron chi connectivity index (χ0n) is 28.0. The molecular formula is C50H33N. The second-order valence-electron chi connectivity index (χ2n) is 13.4. The topological polar surface area (TPSA) is 3.24 Å². The van der Waals surface area contributed by atoms with E-state index in [1.165, 1.54) is 76.1 Å². The lowest BCUT2D eigenvalue weighted by Gasteiger charge is -2.27. The molecule has 0 radical (unpaired) electrons. The van der Waals surface area contributed by atoms with Crippen LogP contribution in [-0.4, -0.2) is 0 Å². The Balaban J connectivity index is 1.09. The molecule has 10 aromatic carbocycles. The third kappa shape index (κ3) is 5.10. The molecule has 0 saturated carbocycles. The van der Waals surface area contributed by atoms with Crippen molar-refractivity contribution in [1.29, 1.82) is 0 Å². The number of anilines is 3. The monoisotopic (exact) mass is 647 g/mol. The summed E-state index contributed by atoms with van der Waals surface area (Å²) < 4.78 is 0. The van der Waals surface area contributed by atoms with Crippen LogP contribution < -0.4 is 4.90 Å². The quantitative estimate of drug-likeness (QED) is 0.168. The van der Waals surface area contributed by atoms with Crippen LogP contribution in [0.4, 0.5) is 17.1 Å². The average Bonchev–Trinajstić information content (AvgIpc) is 3.21. The van der Waals surface area contributed by atoms with Crippen LogP contribution in [0, 0.1) is 0 Å². The Labute approximate surface area is 297 Å². The Kier molecular flexibility index (Phi) is 6.89. The van der Waals surface area contributed by atoms with Crippen molar-refractivity contribution in [3.05, 3.63) is 200 Å². The summed E-state index contributed by atoms with van der Waals surface area (Å²) in [5, 5.41) is 12.7. The molecule has 0 aliphatic rings. The third-order valence-electron chi connectivity index (χ3n) is 10.4. The maximum absolute atomic E-state index is 2.38. The molecule has 0 heterocycles. The predicted molar refractivity (Wildman–Crippen MR) is 220 cm³/mol. The number of rotatable bonds is 5. The minimum atomic E-state index is 1.11. The molecule has 1 nitrogen and oxygen atoms in total. The van der Waals surface area contributed by atoms with Gasteiger partial charge in [0.15, 0.2) is 0 Å². The number of nitrogens with zero attached hydrogens (tertiary/aromatic N) is 1. The van der Waals surface area contributed by atoms with Crippen LogP contribution in [0.25, 0.3) is 76.1 Å². The number of benzene rings is 10. The van der Waals surface area contributed by atoms with Crippen LogP contribution in [0.3, 0.4) is 0 Å². The molecule has 0 atom stereocenters. The average molecular weight is 648 g/mol. The summed E-state index contributed by atoms with van der Waals surface area (Å²) in [6, 6.07) is 73.1. The van der Waals surface area contributed by atoms with E-state index in [4.69, 9.17) is 0 Å². The van der Waals surface area contributed by atoms with E-state index in [2.05, 4.69) is 205 Å². The molecule has 0 unspecified atom stereocenters. The summed E-state index contributed by atoms with van der Waals surface area (Å²) in [5.41, 5.74) is 8.16. The zero-order valence-corrected chi connectivity index (χ0v) is 28.0. The largest absolute Gasteiger partial charge is 0.310 e. The van der Waals surface area contributed by atoms with Gasteiger partial charge in [0.25, 0.3) is 0 Å². The molecular weight excluding hydrogens is 615 g/mol. The van der Waals surface area contributed by atoms with Gasteiger partial charge < -0.3 is 4.90 Å². The van der Waals surface area contributed by atoms with Gasteiger partial charge in [-0.05, 0) is 119 Å². The molecule has 0 bridgehead atoms. The van der Waals surface area contributed by atoms with E-state index in [0.717, 1.165) is 17.1 Å². The molecule has 238 valence electrons. The van der Waals surface area contributed by atoms with Gasteiger partial charge in [-0.3, -0.25) is 0 Å². The normalized spacial score (nSPS) is 11.5. The second kappa shape index (κ2) is 12.0. The van der Waals surface area contributed by atoms with E-state index in [-0.39, 0.29) is 0 Å². The molecule has 0 aliphatic heterocycles.